The van der Waals surface area contributed by atoms with Gasteiger partial charge >= 0.3 is 5.69 Å². The van der Waals surface area contributed by atoms with Gasteiger partial charge in [-0.25, -0.2) is 4.98 Å². The normalized spacial score (nSPS) is 18.9. The number of nitrogens with zero attached hydrogens (tertiary/aromatic N) is 3. The minimum atomic E-state index is -0.479. The minimum absolute atomic E-state index is 0.0128. The molecule has 1 saturated heterocycles. The van der Waals surface area contributed by atoms with Gasteiger partial charge in [0, 0.05) is 6.61 Å². The second kappa shape index (κ2) is 5.45. The van der Waals surface area contributed by atoms with E-state index in [1.165, 1.54) is 0 Å². The summed E-state index contributed by atoms with van der Waals surface area (Å²) in [6, 6.07) is 0.0272. The van der Waals surface area contributed by atoms with E-state index in [1.807, 2.05) is 0 Å². The molecule has 0 saturated carbocycles. The van der Waals surface area contributed by atoms with Gasteiger partial charge in [-0.2, -0.15) is 4.98 Å². The molecule has 0 amide bonds. The highest BCUT2D eigenvalue weighted by Crippen LogP contribution is 2.28. The van der Waals surface area contributed by atoms with Crippen molar-refractivity contribution in [1.82, 2.24) is 9.97 Å². The first-order chi connectivity index (χ1) is 8.61. The van der Waals surface area contributed by atoms with Crippen LogP contribution in [0.25, 0.3) is 0 Å². The van der Waals surface area contributed by atoms with E-state index in [-0.39, 0.29) is 22.8 Å². The maximum Gasteiger partial charge on any atom is 0.332 e. The lowest BCUT2D eigenvalue weighted by Crippen LogP contribution is -2.21. The Kier molecular flexibility index (Phi) is 3.93. The monoisotopic (exact) mass is 272 g/mol. The van der Waals surface area contributed by atoms with Gasteiger partial charge in [0.1, 0.15) is 5.69 Å². The fraction of sp³-hybridized carbons (Fsp3) is 0.600. The maximum atomic E-state index is 11.1. The third-order valence-corrected chi connectivity index (χ3v) is 2.89. The topological polar surface area (TPSA) is 90.2 Å². The van der Waals surface area contributed by atoms with Gasteiger partial charge in [-0.05, 0) is 24.4 Å². The molecule has 1 aromatic heterocycles. The molecule has 8 heteroatoms. The zero-order valence-electron chi connectivity index (χ0n) is 9.85. The number of hydrogen-bond acceptors (Lipinski definition) is 6. The Labute approximate surface area is 109 Å². The Morgan fingerprint density at radius 2 is 2.39 bits per heavy atom. The fourth-order valence-corrected chi connectivity index (χ4v) is 2.04. The highest BCUT2D eigenvalue weighted by molar-refractivity contribution is 6.28. The molecule has 2 heterocycles. The Balaban J connectivity index is 2.36. The molecule has 0 radical (unpaired) electrons. The first kappa shape index (κ1) is 13.0. The van der Waals surface area contributed by atoms with Crippen molar-refractivity contribution >= 4 is 23.1 Å². The molecular weight excluding hydrogens is 260 g/mol. The van der Waals surface area contributed by atoms with Crippen molar-refractivity contribution in [3.8, 4) is 0 Å². The molecule has 0 aliphatic carbocycles. The second-order valence-corrected chi connectivity index (χ2v) is 4.29. The van der Waals surface area contributed by atoms with Crippen molar-refractivity contribution in [2.45, 2.75) is 25.8 Å². The predicted octanol–water partition coefficient (Wildman–Crippen LogP) is 1.80. The van der Waals surface area contributed by atoms with Crippen LogP contribution in [-0.2, 0) is 11.2 Å². The SMILES string of the molecule is CCc1nc(Cl)nc(NC2CCOC2)c1[N+](=O)[O-]. The summed E-state index contributed by atoms with van der Waals surface area (Å²) < 4.78 is 5.21. The minimum Gasteiger partial charge on any atom is -0.379 e. The number of nitrogens with one attached hydrogen (secondary N) is 1. The second-order valence-electron chi connectivity index (χ2n) is 3.95. The maximum absolute atomic E-state index is 11.1. The zero-order chi connectivity index (χ0) is 13.1. The van der Waals surface area contributed by atoms with Crippen molar-refractivity contribution in [3.05, 3.63) is 21.1 Å². The quantitative estimate of drug-likeness (QED) is 0.511. The molecule has 0 aromatic carbocycles. The van der Waals surface area contributed by atoms with E-state index in [9.17, 15) is 10.1 Å². The van der Waals surface area contributed by atoms with Gasteiger partial charge in [0.25, 0.3) is 0 Å². The van der Waals surface area contributed by atoms with E-state index in [0.29, 0.717) is 25.3 Å². The predicted molar refractivity (Wildman–Crippen MR) is 65.9 cm³/mol. The van der Waals surface area contributed by atoms with Crippen LogP contribution in [0.1, 0.15) is 19.0 Å². The van der Waals surface area contributed by atoms with Crippen molar-refractivity contribution in [1.29, 1.82) is 0 Å². The van der Waals surface area contributed by atoms with Crippen LogP contribution in [0.5, 0.6) is 0 Å². The number of anilines is 1. The zero-order valence-corrected chi connectivity index (χ0v) is 10.6. The molecule has 7 nitrogen and oxygen atoms in total. The average molecular weight is 273 g/mol. The summed E-state index contributed by atoms with van der Waals surface area (Å²) in [5.41, 5.74) is 0.232. The molecular formula is C10H13ClN4O3. The van der Waals surface area contributed by atoms with Gasteiger partial charge < -0.3 is 10.1 Å². The first-order valence-corrected chi connectivity index (χ1v) is 6.04. The summed E-state index contributed by atoms with van der Waals surface area (Å²) in [4.78, 5) is 18.4. The molecule has 1 fully saturated rings. The molecule has 98 valence electrons. The third-order valence-electron chi connectivity index (χ3n) is 2.72. The smallest absolute Gasteiger partial charge is 0.332 e. The van der Waals surface area contributed by atoms with E-state index >= 15 is 0 Å². The van der Waals surface area contributed by atoms with Crippen LogP contribution in [-0.4, -0.2) is 34.1 Å². The lowest BCUT2D eigenvalue weighted by atomic mass is 10.2. The highest BCUT2D eigenvalue weighted by Gasteiger charge is 2.26. The Morgan fingerprint density at radius 3 is 2.94 bits per heavy atom. The Hall–Kier alpha value is -1.47. The van der Waals surface area contributed by atoms with Crippen LogP contribution in [0.3, 0.4) is 0 Å². The molecule has 1 aliphatic rings. The average Bonchev–Trinajstić information content (AvgIpc) is 2.80. The van der Waals surface area contributed by atoms with Crippen LogP contribution in [0, 0.1) is 10.1 Å². The van der Waals surface area contributed by atoms with E-state index in [2.05, 4.69) is 15.3 Å². The molecule has 0 bridgehead atoms. The fourth-order valence-electron chi connectivity index (χ4n) is 1.85. The molecule has 0 spiro atoms. The van der Waals surface area contributed by atoms with Crippen molar-refractivity contribution in [2.24, 2.45) is 0 Å². The number of ether oxygens (including phenoxy) is 1. The summed E-state index contributed by atoms with van der Waals surface area (Å²) in [5, 5.41) is 14.1. The van der Waals surface area contributed by atoms with Gasteiger partial charge in [-0.1, -0.05) is 6.92 Å². The van der Waals surface area contributed by atoms with Crippen molar-refractivity contribution < 1.29 is 9.66 Å². The molecule has 1 unspecified atom stereocenters. The third kappa shape index (κ3) is 2.68. The van der Waals surface area contributed by atoms with E-state index in [1.54, 1.807) is 6.92 Å². The number of hydrogen-bond donors (Lipinski definition) is 1. The van der Waals surface area contributed by atoms with Crippen LogP contribution >= 0.6 is 11.6 Å². The molecule has 1 aromatic rings. The van der Waals surface area contributed by atoms with Crippen LogP contribution in [0.4, 0.5) is 11.5 Å². The van der Waals surface area contributed by atoms with Gasteiger partial charge in [-0.3, -0.25) is 10.1 Å². The van der Waals surface area contributed by atoms with Gasteiger partial charge in [0.2, 0.25) is 11.1 Å². The van der Waals surface area contributed by atoms with Gasteiger partial charge in [-0.15, -0.1) is 0 Å². The summed E-state index contributed by atoms with van der Waals surface area (Å²) in [5.74, 6) is 0.173. The van der Waals surface area contributed by atoms with E-state index < -0.39 is 4.92 Å². The Bertz CT molecular complexity index is 463. The highest BCUT2D eigenvalue weighted by atomic mass is 35.5. The van der Waals surface area contributed by atoms with Crippen LogP contribution in [0.2, 0.25) is 5.28 Å². The largest absolute Gasteiger partial charge is 0.379 e. The lowest BCUT2D eigenvalue weighted by Gasteiger charge is -2.12. The number of aromatic nitrogens is 2. The van der Waals surface area contributed by atoms with Gasteiger partial charge in [0.15, 0.2) is 0 Å². The molecule has 1 N–H and O–H groups in total. The van der Waals surface area contributed by atoms with E-state index in [0.717, 1.165) is 6.42 Å². The number of aryl methyl sites for hydroxylation is 1. The summed E-state index contributed by atoms with van der Waals surface area (Å²) >= 11 is 5.77. The number of halogens is 1. The molecule has 18 heavy (non-hydrogen) atoms. The Morgan fingerprint density at radius 1 is 1.61 bits per heavy atom. The molecule has 1 aliphatic heterocycles. The van der Waals surface area contributed by atoms with E-state index in [4.69, 9.17) is 16.3 Å². The van der Waals surface area contributed by atoms with Crippen molar-refractivity contribution in [3.63, 3.8) is 0 Å². The molecule has 2 rings (SSSR count). The summed E-state index contributed by atoms with van der Waals surface area (Å²) in [6.45, 7) is 2.94. The summed E-state index contributed by atoms with van der Waals surface area (Å²) in [6.07, 6.45) is 1.22. The summed E-state index contributed by atoms with van der Waals surface area (Å²) in [7, 11) is 0. The van der Waals surface area contributed by atoms with Crippen molar-refractivity contribution in [2.75, 3.05) is 18.5 Å². The standard InChI is InChI=1S/C10H13ClN4O3/c1-2-7-8(15(16)17)9(14-10(11)13-7)12-6-3-4-18-5-6/h6H,2-5H2,1H3,(H,12,13,14). The number of nitro groups is 1. The first-order valence-electron chi connectivity index (χ1n) is 5.67. The van der Waals surface area contributed by atoms with Crippen LogP contribution in [0.15, 0.2) is 0 Å². The number of rotatable bonds is 4. The van der Waals surface area contributed by atoms with Gasteiger partial charge in [0.05, 0.1) is 17.6 Å². The lowest BCUT2D eigenvalue weighted by molar-refractivity contribution is -0.385. The van der Waals surface area contributed by atoms with Crippen LogP contribution < -0.4 is 5.32 Å². The molecule has 1 atom stereocenters.